The quantitative estimate of drug-likeness (QED) is 0.793. The molecule has 2 N–H and O–H groups in total. The summed E-state index contributed by atoms with van der Waals surface area (Å²) >= 11 is 1.88. The van der Waals surface area contributed by atoms with Crippen molar-refractivity contribution in [2.24, 2.45) is 0 Å². The van der Waals surface area contributed by atoms with Gasteiger partial charge in [-0.2, -0.15) is 5.26 Å². The molecule has 0 aromatic heterocycles. The summed E-state index contributed by atoms with van der Waals surface area (Å²) in [7, 11) is 0. The summed E-state index contributed by atoms with van der Waals surface area (Å²) in [4.78, 5) is 1.13. The van der Waals surface area contributed by atoms with Crippen LogP contribution in [-0.4, -0.2) is 5.25 Å². The molecular formula is C13H16N2S. The lowest BCUT2D eigenvalue weighted by Gasteiger charge is -2.21. The second-order valence-corrected chi connectivity index (χ2v) is 5.58. The van der Waals surface area contributed by atoms with E-state index in [-0.39, 0.29) is 0 Å². The molecule has 1 aliphatic carbocycles. The third kappa shape index (κ3) is 2.70. The molecule has 16 heavy (non-hydrogen) atoms. The molecule has 0 aliphatic heterocycles. The first-order valence-corrected chi connectivity index (χ1v) is 6.64. The van der Waals surface area contributed by atoms with Gasteiger partial charge in [-0.3, -0.25) is 0 Å². The van der Waals surface area contributed by atoms with Crippen molar-refractivity contribution in [1.29, 1.82) is 5.26 Å². The van der Waals surface area contributed by atoms with E-state index in [1.165, 1.54) is 32.1 Å². The number of rotatable bonds is 2. The number of nitrogens with zero attached hydrogens (tertiary/aromatic N) is 1. The van der Waals surface area contributed by atoms with Crippen molar-refractivity contribution in [2.75, 3.05) is 5.73 Å². The Hall–Kier alpha value is -1.14. The van der Waals surface area contributed by atoms with Crippen LogP contribution in [0.25, 0.3) is 0 Å². The lowest BCUT2D eigenvalue weighted by atomic mass is 10.0. The van der Waals surface area contributed by atoms with E-state index in [1.54, 1.807) is 6.07 Å². The van der Waals surface area contributed by atoms with E-state index >= 15 is 0 Å². The molecular weight excluding hydrogens is 216 g/mol. The van der Waals surface area contributed by atoms with Gasteiger partial charge in [0, 0.05) is 15.8 Å². The fraction of sp³-hybridized carbons (Fsp3) is 0.462. The van der Waals surface area contributed by atoms with Crippen molar-refractivity contribution in [2.45, 2.75) is 42.2 Å². The highest BCUT2D eigenvalue weighted by Crippen LogP contribution is 2.36. The minimum Gasteiger partial charge on any atom is -0.398 e. The summed E-state index contributed by atoms with van der Waals surface area (Å²) in [5.74, 6) is 0. The highest BCUT2D eigenvalue weighted by molar-refractivity contribution is 8.00. The molecule has 1 aromatic carbocycles. The summed E-state index contributed by atoms with van der Waals surface area (Å²) in [6, 6.07) is 7.71. The number of nitrogen functional groups attached to an aromatic ring is 1. The Kier molecular flexibility index (Phi) is 3.74. The molecule has 1 aliphatic rings. The zero-order chi connectivity index (χ0) is 11.4. The number of hydrogen-bond donors (Lipinski definition) is 1. The van der Waals surface area contributed by atoms with Crippen LogP contribution in [0, 0.1) is 11.3 Å². The minimum absolute atomic E-state index is 0.644. The van der Waals surface area contributed by atoms with Gasteiger partial charge in [0.25, 0.3) is 0 Å². The zero-order valence-corrected chi connectivity index (χ0v) is 10.1. The van der Waals surface area contributed by atoms with Crippen molar-refractivity contribution in [1.82, 2.24) is 0 Å². The molecule has 0 unspecified atom stereocenters. The topological polar surface area (TPSA) is 49.8 Å². The predicted octanol–water partition coefficient (Wildman–Crippen LogP) is 3.57. The monoisotopic (exact) mass is 232 g/mol. The van der Waals surface area contributed by atoms with E-state index in [9.17, 15) is 0 Å². The van der Waals surface area contributed by atoms with Crippen LogP contribution in [0.5, 0.6) is 0 Å². The van der Waals surface area contributed by atoms with E-state index in [2.05, 4.69) is 6.07 Å². The first kappa shape index (κ1) is 11.3. The molecule has 2 nitrogen and oxygen atoms in total. The van der Waals surface area contributed by atoms with Gasteiger partial charge in [-0.1, -0.05) is 19.3 Å². The van der Waals surface area contributed by atoms with Gasteiger partial charge in [0.2, 0.25) is 0 Å². The Balaban J connectivity index is 2.06. The predicted molar refractivity (Wildman–Crippen MR) is 68.3 cm³/mol. The summed E-state index contributed by atoms with van der Waals surface area (Å²) < 4.78 is 0. The fourth-order valence-electron chi connectivity index (χ4n) is 2.09. The van der Waals surface area contributed by atoms with E-state index in [1.807, 2.05) is 23.9 Å². The minimum atomic E-state index is 0.644. The van der Waals surface area contributed by atoms with Crippen LogP contribution in [0.15, 0.2) is 23.1 Å². The largest absolute Gasteiger partial charge is 0.398 e. The summed E-state index contributed by atoms with van der Waals surface area (Å²) in [6.07, 6.45) is 6.65. The van der Waals surface area contributed by atoms with Crippen molar-refractivity contribution in [3.8, 4) is 6.07 Å². The van der Waals surface area contributed by atoms with Gasteiger partial charge in [-0.15, -0.1) is 11.8 Å². The Morgan fingerprint density at radius 2 is 2.00 bits per heavy atom. The molecule has 0 saturated heterocycles. The zero-order valence-electron chi connectivity index (χ0n) is 9.28. The SMILES string of the molecule is N#Cc1ccc(SC2CCCCC2)c(N)c1. The number of nitrogens with two attached hydrogens (primary N) is 1. The number of anilines is 1. The molecule has 0 radical (unpaired) electrons. The molecule has 0 spiro atoms. The number of hydrogen-bond acceptors (Lipinski definition) is 3. The van der Waals surface area contributed by atoms with Crippen LogP contribution >= 0.6 is 11.8 Å². The van der Waals surface area contributed by atoms with Crippen LogP contribution in [0.3, 0.4) is 0 Å². The smallest absolute Gasteiger partial charge is 0.0992 e. The normalized spacial score (nSPS) is 16.9. The Morgan fingerprint density at radius 1 is 1.25 bits per heavy atom. The maximum absolute atomic E-state index is 8.76. The molecule has 0 bridgehead atoms. The van der Waals surface area contributed by atoms with Crippen LogP contribution in [0.2, 0.25) is 0 Å². The maximum atomic E-state index is 8.76. The summed E-state index contributed by atoms with van der Waals surface area (Å²) in [5.41, 5.74) is 7.33. The first-order chi connectivity index (χ1) is 7.79. The molecule has 2 rings (SSSR count). The van der Waals surface area contributed by atoms with Crippen LogP contribution < -0.4 is 5.73 Å². The molecule has 1 aromatic rings. The second kappa shape index (κ2) is 5.27. The van der Waals surface area contributed by atoms with Crippen LogP contribution in [-0.2, 0) is 0 Å². The Bertz CT molecular complexity index is 403. The Morgan fingerprint density at radius 3 is 2.62 bits per heavy atom. The lowest BCUT2D eigenvalue weighted by molar-refractivity contribution is 0.516. The highest BCUT2D eigenvalue weighted by Gasteiger charge is 2.15. The van der Waals surface area contributed by atoms with Crippen molar-refractivity contribution >= 4 is 17.4 Å². The molecule has 3 heteroatoms. The standard InChI is InChI=1S/C13H16N2S/c14-9-10-6-7-13(12(15)8-10)16-11-4-2-1-3-5-11/h6-8,11H,1-5,15H2. The first-order valence-electron chi connectivity index (χ1n) is 5.76. The van der Waals surface area contributed by atoms with Gasteiger partial charge in [0.05, 0.1) is 11.6 Å². The highest BCUT2D eigenvalue weighted by atomic mass is 32.2. The van der Waals surface area contributed by atoms with Gasteiger partial charge in [0.15, 0.2) is 0 Å². The molecule has 1 fully saturated rings. The van der Waals surface area contributed by atoms with Gasteiger partial charge in [-0.25, -0.2) is 0 Å². The van der Waals surface area contributed by atoms with Crippen LogP contribution in [0.4, 0.5) is 5.69 Å². The van der Waals surface area contributed by atoms with Crippen LogP contribution in [0.1, 0.15) is 37.7 Å². The maximum Gasteiger partial charge on any atom is 0.0992 e. The fourth-order valence-corrected chi connectivity index (χ4v) is 3.36. The van der Waals surface area contributed by atoms with Gasteiger partial charge >= 0.3 is 0 Å². The molecule has 0 atom stereocenters. The van der Waals surface area contributed by atoms with E-state index in [4.69, 9.17) is 11.0 Å². The van der Waals surface area contributed by atoms with Crippen molar-refractivity contribution < 1.29 is 0 Å². The third-order valence-corrected chi connectivity index (χ3v) is 4.42. The summed E-state index contributed by atoms with van der Waals surface area (Å²) in [6.45, 7) is 0. The van der Waals surface area contributed by atoms with Gasteiger partial charge in [0.1, 0.15) is 0 Å². The molecule has 84 valence electrons. The van der Waals surface area contributed by atoms with Gasteiger partial charge in [-0.05, 0) is 31.0 Å². The van der Waals surface area contributed by atoms with Crippen molar-refractivity contribution in [3.05, 3.63) is 23.8 Å². The molecule has 0 amide bonds. The number of thioether (sulfide) groups is 1. The number of nitriles is 1. The average molecular weight is 232 g/mol. The van der Waals surface area contributed by atoms with E-state index < -0.39 is 0 Å². The molecule has 1 saturated carbocycles. The lowest BCUT2D eigenvalue weighted by Crippen LogP contribution is -2.08. The van der Waals surface area contributed by atoms with Crippen molar-refractivity contribution in [3.63, 3.8) is 0 Å². The van der Waals surface area contributed by atoms with E-state index in [0.29, 0.717) is 10.8 Å². The molecule has 0 heterocycles. The van der Waals surface area contributed by atoms with Gasteiger partial charge < -0.3 is 5.73 Å². The third-order valence-electron chi connectivity index (χ3n) is 2.98. The Labute approximate surface area is 101 Å². The number of benzene rings is 1. The van der Waals surface area contributed by atoms with E-state index in [0.717, 1.165) is 10.6 Å². The summed E-state index contributed by atoms with van der Waals surface area (Å²) in [5, 5.41) is 9.47. The average Bonchev–Trinajstić information content (AvgIpc) is 2.33. The second-order valence-electron chi connectivity index (χ2n) is 4.24.